The molecule has 4 atom stereocenters. The van der Waals surface area contributed by atoms with Crippen LogP contribution < -0.4 is 0 Å². The molecule has 3 aliphatic rings. The van der Waals surface area contributed by atoms with E-state index >= 15 is 0 Å². The molecule has 0 N–H and O–H groups in total. The molecule has 3 rings (SSSR count). The smallest absolute Gasteiger partial charge is 0.0269 e. The first-order valence-corrected chi connectivity index (χ1v) is 5.46. The summed E-state index contributed by atoms with van der Waals surface area (Å²) in [6.07, 6.45) is 3.12. The van der Waals surface area contributed by atoms with Crippen LogP contribution in [0.1, 0.15) is 40.5 Å². The lowest BCUT2D eigenvalue weighted by molar-refractivity contribution is 0.0328. The molecule has 0 amide bonds. The molecule has 0 aliphatic heterocycles. The van der Waals surface area contributed by atoms with E-state index < -0.39 is 0 Å². The Bertz CT molecular complexity index is 212. The fourth-order valence-electron chi connectivity index (χ4n) is 4.40. The monoisotopic (exact) mass is 164 g/mol. The molecule has 0 heteroatoms. The van der Waals surface area contributed by atoms with E-state index in [1.807, 2.05) is 0 Å². The van der Waals surface area contributed by atoms with Gasteiger partial charge >= 0.3 is 0 Å². The van der Waals surface area contributed by atoms with E-state index in [-0.39, 0.29) is 0 Å². The van der Waals surface area contributed by atoms with Crippen molar-refractivity contribution in [3.8, 4) is 0 Å². The standard InChI is InChI=1S/C12H20/c1-11(2)9-6-10(12(11,3)4)8-5-7(8)9/h7-10H,5-6H2,1-4H3. The molecule has 3 saturated carbocycles. The maximum atomic E-state index is 2.51. The lowest BCUT2D eigenvalue weighted by Gasteiger charge is -2.45. The van der Waals surface area contributed by atoms with Crippen LogP contribution in [0.25, 0.3) is 0 Å². The molecule has 0 aromatic heterocycles. The van der Waals surface area contributed by atoms with Crippen molar-refractivity contribution in [3.63, 3.8) is 0 Å². The Labute approximate surface area is 75.7 Å². The van der Waals surface area contributed by atoms with Crippen LogP contribution in [0.15, 0.2) is 0 Å². The first kappa shape index (κ1) is 7.41. The van der Waals surface area contributed by atoms with Gasteiger partial charge in [0.1, 0.15) is 0 Å². The van der Waals surface area contributed by atoms with Crippen LogP contribution in [0.4, 0.5) is 0 Å². The lowest BCUT2D eigenvalue weighted by atomic mass is 9.60. The summed E-state index contributed by atoms with van der Waals surface area (Å²) in [5, 5.41) is 0. The highest BCUT2D eigenvalue weighted by Gasteiger charge is 2.70. The number of fused-ring (bicyclic) bond motifs is 5. The van der Waals surface area contributed by atoms with Gasteiger partial charge in [-0.2, -0.15) is 0 Å². The Morgan fingerprint density at radius 3 is 1.50 bits per heavy atom. The van der Waals surface area contributed by atoms with Gasteiger partial charge in [-0.05, 0) is 47.3 Å². The topological polar surface area (TPSA) is 0 Å². The fourth-order valence-corrected chi connectivity index (χ4v) is 4.40. The van der Waals surface area contributed by atoms with Gasteiger partial charge in [0.05, 0.1) is 0 Å². The van der Waals surface area contributed by atoms with Gasteiger partial charge in [0.25, 0.3) is 0 Å². The number of hydrogen-bond acceptors (Lipinski definition) is 0. The van der Waals surface area contributed by atoms with Crippen LogP contribution in [0, 0.1) is 34.5 Å². The van der Waals surface area contributed by atoms with Gasteiger partial charge < -0.3 is 0 Å². The molecule has 3 fully saturated rings. The summed E-state index contributed by atoms with van der Waals surface area (Å²) in [4.78, 5) is 0. The Hall–Kier alpha value is 0. The van der Waals surface area contributed by atoms with Crippen molar-refractivity contribution in [2.24, 2.45) is 34.5 Å². The maximum absolute atomic E-state index is 2.51. The summed E-state index contributed by atoms with van der Waals surface area (Å²) in [5.74, 6) is 4.45. The summed E-state index contributed by atoms with van der Waals surface area (Å²) in [7, 11) is 0. The van der Waals surface area contributed by atoms with Crippen LogP contribution in [0.3, 0.4) is 0 Å². The largest absolute Gasteiger partial charge is 0.0591 e. The molecule has 0 nitrogen and oxygen atoms in total. The predicted molar refractivity (Wildman–Crippen MR) is 50.8 cm³/mol. The molecule has 0 radical (unpaired) electrons. The summed E-state index contributed by atoms with van der Waals surface area (Å²) < 4.78 is 0. The minimum absolute atomic E-state index is 0.620. The zero-order chi connectivity index (χ0) is 8.72. The van der Waals surface area contributed by atoms with Crippen LogP contribution in [0.2, 0.25) is 0 Å². The van der Waals surface area contributed by atoms with Crippen LogP contribution in [-0.4, -0.2) is 0 Å². The third-order valence-corrected chi connectivity index (χ3v) is 5.95. The van der Waals surface area contributed by atoms with Crippen molar-refractivity contribution in [2.45, 2.75) is 40.5 Å². The molecule has 0 spiro atoms. The molecule has 0 aromatic carbocycles. The van der Waals surface area contributed by atoms with Crippen molar-refractivity contribution in [2.75, 3.05) is 0 Å². The molecule has 2 bridgehead atoms. The second-order valence-electron chi connectivity index (χ2n) is 6.46. The van der Waals surface area contributed by atoms with Crippen molar-refractivity contribution in [3.05, 3.63) is 0 Å². The van der Waals surface area contributed by atoms with Gasteiger partial charge in [0, 0.05) is 0 Å². The third-order valence-electron chi connectivity index (χ3n) is 5.95. The zero-order valence-electron chi connectivity index (χ0n) is 8.72. The molecular weight excluding hydrogens is 144 g/mol. The van der Waals surface area contributed by atoms with E-state index in [2.05, 4.69) is 27.7 Å². The van der Waals surface area contributed by atoms with E-state index in [0.29, 0.717) is 10.8 Å². The second-order valence-corrected chi connectivity index (χ2v) is 6.46. The van der Waals surface area contributed by atoms with E-state index in [4.69, 9.17) is 0 Å². The molecule has 0 saturated heterocycles. The van der Waals surface area contributed by atoms with Gasteiger partial charge in [-0.1, -0.05) is 27.7 Å². The number of hydrogen-bond donors (Lipinski definition) is 0. The van der Waals surface area contributed by atoms with Crippen LogP contribution in [-0.2, 0) is 0 Å². The highest BCUT2D eigenvalue weighted by molar-refractivity contribution is 5.19. The summed E-state index contributed by atoms with van der Waals surface area (Å²) in [6, 6.07) is 0. The maximum Gasteiger partial charge on any atom is -0.0269 e. The average molecular weight is 164 g/mol. The Balaban J connectivity index is 2.07. The fraction of sp³-hybridized carbons (Fsp3) is 1.00. The van der Waals surface area contributed by atoms with Crippen molar-refractivity contribution in [1.82, 2.24) is 0 Å². The minimum atomic E-state index is 0.620. The van der Waals surface area contributed by atoms with E-state index in [1.54, 1.807) is 12.8 Å². The Kier molecular flexibility index (Phi) is 1.00. The van der Waals surface area contributed by atoms with Crippen LogP contribution >= 0.6 is 0 Å². The molecule has 4 unspecified atom stereocenters. The molecule has 3 aliphatic carbocycles. The molecule has 12 heavy (non-hydrogen) atoms. The summed E-state index contributed by atoms with van der Waals surface area (Å²) in [6.45, 7) is 10.0. The van der Waals surface area contributed by atoms with E-state index in [9.17, 15) is 0 Å². The van der Waals surface area contributed by atoms with Gasteiger partial charge in [0.2, 0.25) is 0 Å². The normalized spacial score (nSPS) is 57.0. The first-order chi connectivity index (χ1) is 5.46. The van der Waals surface area contributed by atoms with Crippen molar-refractivity contribution >= 4 is 0 Å². The zero-order valence-corrected chi connectivity index (χ0v) is 8.72. The molecule has 0 heterocycles. The first-order valence-electron chi connectivity index (χ1n) is 5.46. The highest BCUT2D eigenvalue weighted by atomic mass is 14.7. The van der Waals surface area contributed by atoms with Crippen molar-refractivity contribution in [1.29, 1.82) is 0 Å². The van der Waals surface area contributed by atoms with Crippen LogP contribution in [0.5, 0.6) is 0 Å². The van der Waals surface area contributed by atoms with Gasteiger partial charge in [0.15, 0.2) is 0 Å². The van der Waals surface area contributed by atoms with Crippen molar-refractivity contribution < 1.29 is 0 Å². The second kappa shape index (κ2) is 1.63. The molecule has 0 aromatic rings. The Morgan fingerprint density at radius 2 is 1.17 bits per heavy atom. The third kappa shape index (κ3) is 0.533. The van der Waals surface area contributed by atoms with E-state index in [1.165, 1.54) is 0 Å². The Morgan fingerprint density at radius 1 is 0.750 bits per heavy atom. The van der Waals surface area contributed by atoms with Gasteiger partial charge in [-0.25, -0.2) is 0 Å². The average Bonchev–Trinajstić information content (AvgIpc) is 2.58. The summed E-state index contributed by atoms with van der Waals surface area (Å²) >= 11 is 0. The predicted octanol–water partition coefficient (Wildman–Crippen LogP) is 3.32. The SMILES string of the molecule is CC1(C)C2CC(C3CC32)C1(C)C. The highest BCUT2D eigenvalue weighted by Crippen LogP contribution is 2.77. The quantitative estimate of drug-likeness (QED) is 0.515. The van der Waals surface area contributed by atoms with Gasteiger partial charge in [-0.15, -0.1) is 0 Å². The molecule has 68 valence electrons. The van der Waals surface area contributed by atoms with Gasteiger partial charge in [-0.3, -0.25) is 0 Å². The van der Waals surface area contributed by atoms with E-state index in [0.717, 1.165) is 23.7 Å². The minimum Gasteiger partial charge on any atom is -0.0591 e. The lowest BCUT2D eigenvalue weighted by Crippen LogP contribution is -2.39. The summed E-state index contributed by atoms with van der Waals surface area (Å²) in [5.41, 5.74) is 1.24. The molecular formula is C12H20. The number of rotatable bonds is 0.